The maximum atomic E-state index is 5.41. The summed E-state index contributed by atoms with van der Waals surface area (Å²) in [7, 11) is 1.76. The minimum atomic E-state index is 0.582. The van der Waals surface area contributed by atoms with E-state index >= 15 is 0 Å². The quantitative estimate of drug-likeness (QED) is 0.748. The maximum absolute atomic E-state index is 5.41. The molecule has 0 N–H and O–H groups in total. The van der Waals surface area contributed by atoms with E-state index in [1.54, 1.807) is 7.11 Å². The molecule has 27 heavy (non-hydrogen) atoms. The van der Waals surface area contributed by atoms with Crippen molar-refractivity contribution in [3.05, 3.63) is 59.7 Å². The number of piperidine rings is 1. The minimum Gasteiger partial charge on any atom is -0.497 e. The number of para-hydroxylation sites is 1. The van der Waals surface area contributed by atoms with Crippen LogP contribution < -0.4 is 9.64 Å². The molecule has 1 saturated heterocycles. The number of ether oxygens (including phenoxy) is 1. The van der Waals surface area contributed by atoms with Crippen molar-refractivity contribution in [1.29, 1.82) is 0 Å². The Bertz CT molecular complexity index is 724. The summed E-state index contributed by atoms with van der Waals surface area (Å²) in [6, 6.07) is 18.2. The highest BCUT2D eigenvalue weighted by Gasteiger charge is 2.25. The fourth-order valence-electron chi connectivity index (χ4n) is 4.68. The number of rotatable bonds is 6. The molecule has 4 rings (SSSR count). The van der Waals surface area contributed by atoms with Gasteiger partial charge in [-0.05, 0) is 80.6 Å². The molecule has 2 aliphatic rings. The average Bonchev–Trinajstić information content (AvgIpc) is 2.75. The topological polar surface area (TPSA) is 15.7 Å². The number of aryl methyl sites for hydroxylation is 1. The molecule has 1 unspecified atom stereocenters. The van der Waals surface area contributed by atoms with Gasteiger partial charge in [0.1, 0.15) is 5.75 Å². The van der Waals surface area contributed by atoms with Gasteiger partial charge in [-0.1, -0.05) is 30.7 Å². The van der Waals surface area contributed by atoms with E-state index < -0.39 is 0 Å². The first-order chi connectivity index (χ1) is 13.3. The number of methoxy groups -OCH3 is 1. The molecular formula is C24H32N2O. The average molecular weight is 365 g/mol. The van der Waals surface area contributed by atoms with Gasteiger partial charge in [-0.15, -0.1) is 0 Å². The van der Waals surface area contributed by atoms with E-state index in [0.717, 1.165) is 25.1 Å². The third-order valence-electron chi connectivity index (χ3n) is 6.25. The second kappa shape index (κ2) is 8.79. The Morgan fingerprint density at radius 3 is 2.59 bits per heavy atom. The fraction of sp³-hybridized carbons (Fsp3) is 0.500. The fourth-order valence-corrected chi connectivity index (χ4v) is 4.68. The molecule has 3 heteroatoms. The van der Waals surface area contributed by atoms with Crippen molar-refractivity contribution in [3.8, 4) is 5.75 Å². The van der Waals surface area contributed by atoms with Crippen LogP contribution in [0.25, 0.3) is 0 Å². The Morgan fingerprint density at radius 2 is 1.81 bits per heavy atom. The first-order valence-corrected chi connectivity index (χ1v) is 10.5. The highest BCUT2D eigenvalue weighted by Crippen LogP contribution is 2.30. The zero-order valence-electron chi connectivity index (χ0n) is 16.6. The zero-order valence-corrected chi connectivity index (χ0v) is 16.6. The Hall–Kier alpha value is -2.00. The van der Waals surface area contributed by atoms with Gasteiger partial charge in [0.15, 0.2) is 0 Å². The summed E-state index contributed by atoms with van der Waals surface area (Å²) in [5.41, 5.74) is 4.33. The summed E-state index contributed by atoms with van der Waals surface area (Å²) in [5.74, 6) is 0.984. The highest BCUT2D eigenvalue weighted by molar-refractivity contribution is 5.49. The van der Waals surface area contributed by atoms with Crippen LogP contribution in [-0.2, 0) is 12.8 Å². The molecule has 1 aliphatic heterocycles. The normalized spacial score (nSPS) is 20.1. The van der Waals surface area contributed by atoms with Gasteiger partial charge in [0, 0.05) is 24.8 Å². The van der Waals surface area contributed by atoms with E-state index in [4.69, 9.17) is 4.74 Å². The van der Waals surface area contributed by atoms with E-state index in [1.807, 2.05) is 0 Å². The van der Waals surface area contributed by atoms with Crippen LogP contribution in [0.3, 0.4) is 0 Å². The molecule has 1 atom stereocenters. The standard InChI is InChI=1S/C24H32N2O/c1-27-24-13-11-20-18-23(12-10-21(20)19-24)26(22-8-4-2-5-9-22)17-16-25-14-6-3-7-15-25/h2,4-5,8-9,11,13,19,23H,3,6-7,10,12,14-18H2,1H3. The Morgan fingerprint density at radius 1 is 1.00 bits per heavy atom. The number of hydrogen-bond acceptors (Lipinski definition) is 3. The number of benzene rings is 2. The van der Waals surface area contributed by atoms with Crippen molar-refractivity contribution in [2.75, 3.05) is 38.2 Å². The van der Waals surface area contributed by atoms with Crippen LogP contribution in [0, 0.1) is 0 Å². The van der Waals surface area contributed by atoms with Crippen LogP contribution in [-0.4, -0.2) is 44.2 Å². The van der Waals surface area contributed by atoms with Crippen molar-refractivity contribution in [1.82, 2.24) is 4.90 Å². The molecule has 2 aromatic rings. The van der Waals surface area contributed by atoms with Gasteiger partial charge in [0.05, 0.1) is 7.11 Å². The molecule has 3 nitrogen and oxygen atoms in total. The van der Waals surface area contributed by atoms with E-state index in [0.29, 0.717) is 6.04 Å². The van der Waals surface area contributed by atoms with E-state index in [-0.39, 0.29) is 0 Å². The van der Waals surface area contributed by atoms with Crippen molar-refractivity contribution in [2.45, 2.75) is 44.6 Å². The molecule has 1 fully saturated rings. The van der Waals surface area contributed by atoms with Crippen LogP contribution in [0.1, 0.15) is 36.8 Å². The summed E-state index contributed by atoms with van der Waals surface area (Å²) < 4.78 is 5.41. The minimum absolute atomic E-state index is 0.582. The van der Waals surface area contributed by atoms with Gasteiger partial charge in [-0.3, -0.25) is 0 Å². The second-order valence-corrected chi connectivity index (χ2v) is 7.96. The molecule has 144 valence electrons. The molecule has 2 aromatic carbocycles. The number of nitrogens with zero attached hydrogens (tertiary/aromatic N) is 2. The molecule has 0 aromatic heterocycles. The number of anilines is 1. The monoisotopic (exact) mass is 364 g/mol. The van der Waals surface area contributed by atoms with Gasteiger partial charge in [0.25, 0.3) is 0 Å². The van der Waals surface area contributed by atoms with Gasteiger partial charge in [-0.25, -0.2) is 0 Å². The van der Waals surface area contributed by atoms with Crippen LogP contribution in [0.5, 0.6) is 5.75 Å². The highest BCUT2D eigenvalue weighted by atomic mass is 16.5. The lowest BCUT2D eigenvalue weighted by Crippen LogP contribution is -2.44. The maximum Gasteiger partial charge on any atom is 0.119 e. The Kier molecular flexibility index (Phi) is 5.98. The first-order valence-electron chi connectivity index (χ1n) is 10.5. The van der Waals surface area contributed by atoms with E-state index in [9.17, 15) is 0 Å². The second-order valence-electron chi connectivity index (χ2n) is 7.96. The van der Waals surface area contributed by atoms with Crippen LogP contribution in [0.2, 0.25) is 0 Å². The third-order valence-corrected chi connectivity index (χ3v) is 6.25. The summed E-state index contributed by atoms with van der Waals surface area (Å²) in [4.78, 5) is 5.32. The lowest BCUT2D eigenvalue weighted by molar-refractivity contribution is 0.231. The van der Waals surface area contributed by atoms with Gasteiger partial charge in [0.2, 0.25) is 0 Å². The number of likely N-dealkylation sites (tertiary alicyclic amines) is 1. The van der Waals surface area contributed by atoms with E-state index in [2.05, 4.69) is 58.3 Å². The molecule has 0 spiro atoms. The van der Waals surface area contributed by atoms with Crippen molar-refractivity contribution < 1.29 is 4.74 Å². The lowest BCUT2D eigenvalue weighted by atomic mass is 9.87. The van der Waals surface area contributed by atoms with Gasteiger partial charge < -0.3 is 14.5 Å². The number of fused-ring (bicyclic) bond motifs is 1. The van der Waals surface area contributed by atoms with Crippen LogP contribution in [0.4, 0.5) is 5.69 Å². The Labute approximate surface area is 163 Å². The molecule has 1 heterocycles. The summed E-state index contributed by atoms with van der Waals surface area (Å²) >= 11 is 0. The van der Waals surface area contributed by atoms with Crippen molar-refractivity contribution in [3.63, 3.8) is 0 Å². The van der Waals surface area contributed by atoms with Crippen molar-refractivity contribution >= 4 is 5.69 Å². The predicted molar refractivity (Wildman–Crippen MR) is 113 cm³/mol. The predicted octanol–water partition coefficient (Wildman–Crippen LogP) is 4.55. The van der Waals surface area contributed by atoms with Crippen molar-refractivity contribution in [2.24, 2.45) is 0 Å². The summed E-state index contributed by atoms with van der Waals surface area (Å²) in [6.07, 6.45) is 7.63. The van der Waals surface area contributed by atoms with Gasteiger partial charge >= 0.3 is 0 Å². The van der Waals surface area contributed by atoms with Crippen LogP contribution in [0.15, 0.2) is 48.5 Å². The van der Waals surface area contributed by atoms with E-state index in [1.165, 1.54) is 62.1 Å². The summed E-state index contributed by atoms with van der Waals surface area (Å²) in [6.45, 7) is 4.85. The Balaban J connectivity index is 1.49. The molecule has 0 bridgehead atoms. The molecule has 0 amide bonds. The smallest absolute Gasteiger partial charge is 0.119 e. The van der Waals surface area contributed by atoms with Gasteiger partial charge in [-0.2, -0.15) is 0 Å². The molecule has 0 saturated carbocycles. The van der Waals surface area contributed by atoms with Crippen LogP contribution >= 0.6 is 0 Å². The SMILES string of the molecule is COc1ccc2c(c1)CCC(N(CCN1CCCCC1)c1ccccc1)C2. The number of hydrogen-bond donors (Lipinski definition) is 0. The first kappa shape index (κ1) is 18.4. The zero-order chi connectivity index (χ0) is 18.5. The molecule has 0 radical (unpaired) electrons. The third kappa shape index (κ3) is 4.47. The lowest BCUT2D eigenvalue weighted by Gasteiger charge is -2.39. The largest absolute Gasteiger partial charge is 0.497 e. The molecule has 1 aliphatic carbocycles. The molecular weight excluding hydrogens is 332 g/mol. The summed E-state index contributed by atoms with van der Waals surface area (Å²) in [5, 5.41) is 0.